The Labute approximate surface area is 126 Å². The molecule has 0 spiro atoms. The molecule has 0 N–H and O–H groups in total. The van der Waals surface area contributed by atoms with Gasteiger partial charge in [-0.15, -0.1) is 0 Å². The summed E-state index contributed by atoms with van der Waals surface area (Å²) in [7, 11) is -2.97. The Balaban J connectivity index is 4.14. The average Bonchev–Trinajstić information content (AvgIpc) is 2.22. The molecular formula is C16H34O3S. The number of hydrogen-bond donors (Lipinski definition) is 0. The van der Waals surface area contributed by atoms with Gasteiger partial charge in [-0.05, 0) is 23.2 Å². The molecule has 0 aliphatic heterocycles. The normalized spacial score (nSPS) is 15.3. The zero-order valence-corrected chi connectivity index (χ0v) is 15.3. The molecule has 0 aliphatic rings. The topological polar surface area (TPSA) is 43.4 Å². The Bertz CT molecular complexity index is 358. The molecule has 0 heterocycles. The number of hydrogen-bond acceptors (Lipinski definition) is 3. The summed E-state index contributed by atoms with van der Waals surface area (Å²) < 4.78 is 29.8. The summed E-state index contributed by atoms with van der Waals surface area (Å²) in [5.74, 6) is 0.763. The second kappa shape index (κ2) is 7.79. The van der Waals surface area contributed by atoms with Gasteiger partial charge in [-0.1, -0.05) is 54.9 Å². The molecule has 0 aliphatic carbocycles. The lowest BCUT2D eigenvalue weighted by Gasteiger charge is -2.29. The molecule has 0 fully saturated rings. The maximum atomic E-state index is 12.2. The molecular weight excluding hydrogens is 272 g/mol. The first-order valence-electron chi connectivity index (χ1n) is 7.65. The summed E-state index contributed by atoms with van der Waals surface area (Å²) in [5, 5.41) is 0. The first kappa shape index (κ1) is 19.9. The first-order chi connectivity index (χ1) is 8.87. The predicted octanol–water partition coefficient (Wildman–Crippen LogP) is 3.93. The lowest BCUT2D eigenvalue weighted by molar-refractivity contribution is 0.0720. The minimum Gasteiger partial charge on any atom is -0.381 e. The van der Waals surface area contributed by atoms with E-state index >= 15 is 0 Å². The molecule has 20 heavy (non-hydrogen) atoms. The summed E-state index contributed by atoms with van der Waals surface area (Å²) >= 11 is 0. The van der Waals surface area contributed by atoms with E-state index in [1.807, 2.05) is 0 Å². The summed E-state index contributed by atoms with van der Waals surface area (Å²) in [6.45, 7) is 15.9. The van der Waals surface area contributed by atoms with E-state index in [4.69, 9.17) is 4.74 Å². The highest BCUT2D eigenvalue weighted by atomic mass is 32.2. The van der Waals surface area contributed by atoms with Crippen LogP contribution in [0.3, 0.4) is 0 Å². The van der Waals surface area contributed by atoms with Gasteiger partial charge in [0.1, 0.15) is 0 Å². The number of sulfone groups is 1. The van der Waals surface area contributed by atoms with Crippen LogP contribution in [0.5, 0.6) is 0 Å². The van der Waals surface area contributed by atoms with Gasteiger partial charge in [0.2, 0.25) is 0 Å². The fourth-order valence-corrected chi connectivity index (χ4v) is 4.20. The Morgan fingerprint density at radius 1 is 1.05 bits per heavy atom. The van der Waals surface area contributed by atoms with Crippen molar-refractivity contribution in [1.29, 1.82) is 0 Å². The maximum Gasteiger partial charge on any atom is 0.150 e. The van der Waals surface area contributed by atoms with E-state index in [1.54, 1.807) is 0 Å². The zero-order valence-electron chi connectivity index (χ0n) is 14.5. The van der Waals surface area contributed by atoms with E-state index in [0.717, 1.165) is 6.42 Å². The molecule has 0 bridgehead atoms. The van der Waals surface area contributed by atoms with Gasteiger partial charge >= 0.3 is 0 Å². The summed E-state index contributed by atoms with van der Waals surface area (Å²) in [6.07, 6.45) is 1.50. The molecule has 0 saturated carbocycles. The molecule has 1 atom stereocenters. The fraction of sp³-hybridized carbons (Fsp3) is 1.00. The molecule has 0 amide bonds. The standard InChI is InChI=1S/C16H34O3S/c1-8-14(16(5,6)7)12-20(17,18)11-9-10-19-13-15(2,3)4/h14H,8-13H2,1-7H3/t14-/m0/s1. The van der Waals surface area contributed by atoms with Crippen LogP contribution >= 0.6 is 0 Å². The van der Waals surface area contributed by atoms with Gasteiger partial charge < -0.3 is 4.74 Å². The van der Waals surface area contributed by atoms with Crippen molar-refractivity contribution >= 4 is 9.84 Å². The van der Waals surface area contributed by atoms with Crippen LogP contribution in [0.1, 0.15) is 61.3 Å². The molecule has 122 valence electrons. The van der Waals surface area contributed by atoms with Crippen LogP contribution in [0.4, 0.5) is 0 Å². The first-order valence-corrected chi connectivity index (χ1v) is 9.48. The second-order valence-corrected chi connectivity index (χ2v) is 10.3. The number of rotatable bonds is 8. The van der Waals surface area contributed by atoms with E-state index in [1.165, 1.54) is 0 Å². The Morgan fingerprint density at radius 2 is 1.60 bits per heavy atom. The van der Waals surface area contributed by atoms with Crippen molar-refractivity contribution in [1.82, 2.24) is 0 Å². The van der Waals surface area contributed by atoms with Gasteiger partial charge in [0.15, 0.2) is 9.84 Å². The van der Waals surface area contributed by atoms with E-state index in [2.05, 4.69) is 48.5 Å². The largest absolute Gasteiger partial charge is 0.381 e. The quantitative estimate of drug-likeness (QED) is 0.638. The summed E-state index contributed by atoms with van der Waals surface area (Å²) in [4.78, 5) is 0. The molecule has 0 aromatic heterocycles. The molecule has 0 aromatic carbocycles. The van der Waals surface area contributed by atoms with Gasteiger partial charge in [-0.25, -0.2) is 8.42 Å². The minimum absolute atomic E-state index is 0.0462. The van der Waals surface area contributed by atoms with Crippen molar-refractivity contribution < 1.29 is 13.2 Å². The van der Waals surface area contributed by atoms with Crippen LogP contribution in [0.15, 0.2) is 0 Å². The summed E-state index contributed by atoms with van der Waals surface area (Å²) in [6, 6.07) is 0. The van der Waals surface area contributed by atoms with Gasteiger partial charge in [0.05, 0.1) is 18.1 Å². The third kappa shape index (κ3) is 9.76. The molecule has 0 saturated heterocycles. The molecule has 0 rings (SSSR count). The van der Waals surface area contributed by atoms with Crippen LogP contribution in [-0.2, 0) is 14.6 Å². The number of ether oxygens (including phenoxy) is 1. The van der Waals surface area contributed by atoms with Crippen molar-refractivity contribution in [2.75, 3.05) is 24.7 Å². The van der Waals surface area contributed by atoms with Crippen LogP contribution in [0.25, 0.3) is 0 Å². The Morgan fingerprint density at radius 3 is 2.00 bits per heavy atom. The Hall–Kier alpha value is -0.0900. The van der Waals surface area contributed by atoms with Crippen molar-refractivity contribution in [3.63, 3.8) is 0 Å². The van der Waals surface area contributed by atoms with E-state index in [0.29, 0.717) is 25.4 Å². The van der Waals surface area contributed by atoms with Crippen molar-refractivity contribution in [3.05, 3.63) is 0 Å². The second-order valence-electron chi connectivity index (χ2n) is 8.05. The van der Waals surface area contributed by atoms with Crippen LogP contribution in [0.2, 0.25) is 0 Å². The lowest BCUT2D eigenvalue weighted by atomic mass is 9.80. The predicted molar refractivity (Wildman–Crippen MR) is 86.8 cm³/mol. The molecule has 4 heteroatoms. The summed E-state index contributed by atoms with van der Waals surface area (Å²) in [5.41, 5.74) is 0.184. The van der Waals surface area contributed by atoms with Gasteiger partial charge in [0, 0.05) is 6.61 Å². The van der Waals surface area contributed by atoms with Crippen molar-refractivity contribution in [3.8, 4) is 0 Å². The monoisotopic (exact) mass is 306 g/mol. The van der Waals surface area contributed by atoms with Crippen molar-refractivity contribution in [2.24, 2.45) is 16.7 Å². The van der Waals surface area contributed by atoms with Crippen LogP contribution in [0, 0.1) is 16.7 Å². The highest BCUT2D eigenvalue weighted by Crippen LogP contribution is 2.30. The third-order valence-corrected chi connectivity index (χ3v) is 5.27. The smallest absolute Gasteiger partial charge is 0.150 e. The van der Waals surface area contributed by atoms with Gasteiger partial charge in [0.25, 0.3) is 0 Å². The highest BCUT2D eigenvalue weighted by molar-refractivity contribution is 7.91. The SMILES string of the molecule is CC[C@@H](CS(=O)(=O)CCCOCC(C)(C)C)C(C)(C)C. The molecule has 3 nitrogen and oxygen atoms in total. The van der Waals surface area contributed by atoms with E-state index in [-0.39, 0.29) is 22.5 Å². The highest BCUT2D eigenvalue weighted by Gasteiger charge is 2.27. The zero-order chi connectivity index (χ0) is 16.0. The van der Waals surface area contributed by atoms with E-state index in [9.17, 15) is 8.42 Å². The van der Waals surface area contributed by atoms with Gasteiger partial charge in [-0.3, -0.25) is 0 Å². The van der Waals surface area contributed by atoms with Crippen LogP contribution < -0.4 is 0 Å². The van der Waals surface area contributed by atoms with Crippen molar-refractivity contribution in [2.45, 2.75) is 61.3 Å². The maximum absolute atomic E-state index is 12.2. The third-order valence-electron chi connectivity index (χ3n) is 3.45. The lowest BCUT2D eigenvalue weighted by Crippen LogP contribution is -2.29. The van der Waals surface area contributed by atoms with E-state index < -0.39 is 9.84 Å². The van der Waals surface area contributed by atoms with Gasteiger partial charge in [-0.2, -0.15) is 0 Å². The van der Waals surface area contributed by atoms with Crippen LogP contribution in [-0.4, -0.2) is 33.1 Å². The fourth-order valence-electron chi connectivity index (χ4n) is 2.13. The Kier molecular flexibility index (Phi) is 7.75. The molecule has 0 unspecified atom stereocenters. The molecule has 0 aromatic rings. The average molecular weight is 307 g/mol. The minimum atomic E-state index is -2.97. The molecule has 0 radical (unpaired) electrons.